The summed E-state index contributed by atoms with van der Waals surface area (Å²) in [6, 6.07) is 8.79. The molecule has 1 heterocycles. The van der Waals surface area contributed by atoms with Gasteiger partial charge in [0.1, 0.15) is 0 Å². The number of aromatic nitrogens is 2. The summed E-state index contributed by atoms with van der Waals surface area (Å²) in [7, 11) is 0. The van der Waals surface area contributed by atoms with E-state index in [1.165, 1.54) is 24.3 Å². The van der Waals surface area contributed by atoms with Crippen LogP contribution in [-0.2, 0) is 18.9 Å². The Balaban J connectivity index is 1.68. The van der Waals surface area contributed by atoms with Crippen LogP contribution in [0.5, 0.6) is 0 Å². The standard InChI is InChI=1S/C17H11F6N3O/c18-16(19,20)11-6-4-10(5-7-11)15-25-14(27-26-15)9-24-13-3-1-2-12(8-13)17(21,22)23/h1-8,24H,9H2. The maximum Gasteiger partial charge on any atom is 0.416 e. The largest absolute Gasteiger partial charge is 0.416 e. The lowest BCUT2D eigenvalue weighted by Crippen LogP contribution is -2.06. The van der Waals surface area contributed by atoms with Gasteiger partial charge in [-0.3, -0.25) is 0 Å². The summed E-state index contributed by atoms with van der Waals surface area (Å²) in [5, 5.41) is 6.38. The molecule has 3 aromatic rings. The molecule has 0 spiro atoms. The van der Waals surface area contributed by atoms with Gasteiger partial charge < -0.3 is 9.84 Å². The van der Waals surface area contributed by atoms with Gasteiger partial charge in [0, 0.05) is 11.3 Å². The molecule has 0 saturated heterocycles. The molecule has 0 amide bonds. The summed E-state index contributed by atoms with van der Waals surface area (Å²) in [6.45, 7) is -0.0467. The molecule has 0 aliphatic carbocycles. The first-order valence-electron chi connectivity index (χ1n) is 7.54. The van der Waals surface area contributed by atoms with E-state index in [0.29, 0.717) is 5.56 Å². The lowest BCUT2D eigenvalue weighted by molar-refractivity contribution is -0.138. The molecule has 0 bridgehead atoms. The number of rotatable bonds is 4. The van der Waals surface area contributed by atoms with E-state index < -0.39 is 23.5 Å². The van der Waals surface area contributed by atoms with Crippen LogP contribution in [0.4, 0.5) is 32.0 Å². The molecular formula is C17H11F6N3O. The zero-order valence-electron chi connectivity index (χ0n) is 13.4. The Morgan fingerprint density at radius 3 is 2.15 bits per heavy atom. The predicted octanol–water partition coefficient (Wildman–Crippen LogP) is 5.39. The summed E-state index contributed by atoms with van der Waals surface area (Å²) in [5.74, 6) is 0.145. The molecule has 2 aromatic carbocycles. The van der Waals surface area contributed by atoms with Gasteiger partial charge in [-0.1, -0.05) is 23.4 Å². The zero-order chi connectivity index (χ0) is 19.7. The van der Waals surface area contributed by atoms with Gasteiger partial charge in [0.05, 0.1) is 17.7 Å². The summed E-state index contributed by atoms with van der Waals surface area (Å²) >= 11 is 0. The van der Waals surface area contributed by atoms with Gasteiger partial charge in [0.25, 0.3) is 0 Å². The van der Waals surface area contributed by atoms with Crippen LogP contribution in [0.2, 0.25) is 0 Å². The number of halogens is 6. The lowest BCUT2D eigenvalue weighted by Gasteiger charge is -2.09. The molecule has 0 saturated carbocycles. The summed E-state index contributed by atoms with van der Waals surface area (Å²) in [4.78, 5) is 4.01. The van der Waals surface area contributed by atoms with E-state index >= 15 is 0 Å². The second-order valence-corrected chi connectivity index (χ2v) is 5.52. The first-order valence-corrected chi connectivity index (χ1v) is 7.54. The van der Waals surface area contributed by atoms with E-state index in [1.54, 1.807) is 0 Å². The maximum atomic E-state index is 12.7. The van der Waals surface area contributed by atoms with Crippen LogP contribution in [0.1, 0.15) is 17.0 Å². The van der Waals surface area contributed by atoms with E-state index in [0.717, 1.165) is 24.3 Å². The van der Waals surface area contributed by atoms with Crippen LogP contribution in [-0.4, -0.2) is 10.1 Å². The molecule has 0 aliphatic heterocycles. The van der Waals surface area contributed by atoms with E-state index in [-0.39, 0.29) is 23.9 Å². The number of benzene rings is 2. The lowest BCUT2D eigenvalue weighted by atomic mass is 10.1. The Morgan fingerprint density at radius 1 is 0.852 bits per heavy atom. The van der Waals surface area contributed by atoms with Gasteiger partial charge in [-0.2, -0.15) is 31.3 Å². The third kappa shape index (κ3) is 4.57. The average Bonchev–Trinajstić information content (AvgIpc) is 3.08. The number of anilines is 1. The molecular weight excluding hydrogens is 376 g/mol. The van der Waals surface area contributed by atoms with Gasteiger partial charge in [0.2, 0.25) is 11.7 Å². The van der Waals surface area contributed by atoms with Crippen molar-refractivity contribution >= 4 is 5.69 Å². The third-order valence-electron chi connectivity index (χ3n) is 3.57. The molecule has 1 N–H and O–H groups in total. The van der Waals surface area contributed by atoms with Crippen LogP contribution in [0.3, 0.4) is 0 Å². The molecule has 3 rings (SSSR count). The minimum absolute atomic E-state index is 0.0467. The summed E-state index contributed by atoms with van der Waals surface area (Å²) in [6.07, 6.45) is -8.91. The van der Waals surface area contributed by atoms with E-state index in [9.17, 15) is 26.3 Å². The van der Waals surface area contributed by atoms with Gasteiger partial charge >= 0.3 is 12.4 Å². The molecule has 4 nitrogen and oxygen atoms in total. The Labute approximate surface area is 148 Å². The van der Waals surface area contributed by atoms with Gasteiger partial charge in [-0.25, -0.2) is 0 Å². The number of nitrogens with one attached hydrogen (secondary N) is 1. The van der Waals surface area contributed by atoms with Gasteiger partial charge in [-0.15, -0.1) is 0 Å². The molecule has 1 aromatic heterocycles. The maximum absolute atomic E-state index is 12.7. The van der Waals surface area contributed by atoms with Crippen LogP contribution in [0.15, 0.2) is 53.1 Å². The van der Waals surface area contributed by atoms with Crippen molar-refractivity contribution in [3.05, 3.63) is 65.5 Å². The van der Waals surface area contributed by atoms with E-state index in [4.69, 9.17) is 4.52 Å². The Morgan fingerprint density at radius 2 is 1.52 bits per heavy atom. The quantitative estimate of drug-likeness (QED) is 0.610. The minimum Gasteiger partial charge on any atom is -0.376 e. The normalized spacial score (nSPS) is 12.2. The minimum atomic E-state index is -4.46. The van der Waals surface area contributed by atoms with E-state index in [1.807, 2.05) is 0 Å². The van der Waals surface area contributed by atoms with Crippen molar-refractivity contribution < 1.29 is 30.9 Å². The molecule has 0 unspecified atom stereocenters. The van der Waals surface area contributed by atoms with Crippen molar-refractivity contribution in [1.29, 1.82) is 0 Å². The zero-order valence-corrected chi connectivity index (χ0v) is 13.4. The van der Waals surface area contributed by atoms with Crippen LogP contribution >= 0.6 is 0 Å². The summed E-state index contributed by atoms with van der Waals surface area (Å²) < 4.78 is 80.7. The molecule has 142 valence electrons. The first kappa shape index (κ1) is 18.7. The van der Waals surface area contributed by atoms with Crippen molar-refractivity contribution in [3.8, 4) is 11.4 Å². The SMILES string of the molecule is FC(F)(F)c1ccc(-c2noc(CNc3cccc(C(F)(F)F)c3)n2)cc1. The molecule has 0 radical (unpaired) electrons. The highest BCUT2D eigenvalue weighted by Crippen LogP contribution is 2.31. The molecule has 0 aliphatic rings. The van der Waals surface area contributed by atoms with Gasteiger partial charge in [-0.05, 0) is 30.3 Å². The topological polar surface area (TPSA) is 51.0 Å². The van der Waals surface area contributed by atoms with Crippen LogP contribution < -0.4 is 5.32 Å². The van der Waals surface area contributed by atoms with Crippen LogP contribution in [0, 0.1) is 0 Å². The fourth-order valence-electron chi connectivity index (χ4n) is 2.24. The molecule has 27 heavy (non-hydrogen) atoms. The Kier molecular flexibility index (Phi) is 4.81. The number of hydrogen-bond donors (Lipinski definition) is 1. The third-order valence-corrected chi connectivity index (χ3v) is 3.57. The molecule has 0 atom stereocenters. The second kappa shape index (κ2) is 6.93. The molecule has 10 heteroatoms. The smallest absolute Gasteiger partial charge is 0.376 e. The predicted molar refractivity (Wildman–Crippen MR) is 83.5 cm³/mol. The van der Waals surface area contributed by atoms with Crippen molar-refractivity contribution in [1.82, 2.24) is 10.1 Å². The summed E-state index contributed by atoms with van der Waals surface area (Å²) in [5.41, 5.74) is -1.08. The fourth-order valence-corrected chi connectivity index (χ4v) is 2.24. The highest BCUT2D eigenvalue weighted by Gasteiger charge is 2.31. The highest BCUT2D eigenvalue weighted by atomic mass is 19.4. The van der Waals surface area contributed by atoms with Crippen LogP contribution in [0.25, 0.3) is 11.4 Å². The average molecular weight is 387 g/mol. The number of alkyl halides is 6. The fraction of sp³-hybridized carbons (Fsp3) is 0.176. The Bertz CT molecular complexity index is 915. The second-order valence-electron chi connectivity index (χ2n) is 5.52. The van der Waals surface area contributed by atoms with Crippen molar-refractivity contribution in [2.45, 2.75) is 18.9 Å². The molecule has 0 fully saturated rings. The Hall–Kier alpha value is -3.04. The highest BCUT2D eigenvalue weighted by molar-refractivity contribution is 5.55. The van der Waals surface area contributed by atoms with Crippen molar-refractivity contribution in [2.75, 3.05) is 5.32 Å². The van der Waals surface area contributed by atoms with Gasteiger partial charge in [0.15, 0.2) is 0 Å². The van der Waals surface area contributed by atoms with E-state index in [2.05, 4.69) is 15.5 Å². The number of nitrogens with zero attached hydrogens (tertiary/aromatic N) is 2. The number of hydrogen-bond acceptors (Lipinski definition) is 4. The first-order chi connectivity index (χ1) is 12.6. The monoisotopic (exact) mass is 387 g/mol. The van der Waals surface area contributed by atoms with Crippen molar-refractivity contribution in [3.63, 3.8) is 0 Å². The van der Waals surface area contributed by atoms with Crippen molar-refractivity contribution in [2.24, 2.45) is 0 Å².